The number of fused-ring (bicyclic) bond motifs is 3. The number of aryl methyl sites for hydroxylation is 1. The summed E-state index contributed by atoms with van der Waals surface area (Å²) >= 11 is 1.55. The van der Waals surface area contributed by atoms with Crippen molar-refractivity contribution in [2.24, 2.45) is 0 Å². The van der Waals surface area contributed by atoms with Crippen molar-refractivity contribution in [1.82, 2.24) is 24.1 Å². The van der Waals surface area contributed by atoms with Gasteiger partial charge in [-0.1, -0.05) is 30.8 Å². The van der Waals surface area contributed by atoms with Crippen LogP contribution in [0.4, 0.5) is 0 Å². The fourth-order valence-corrected chi connectivity index (χ4v) is 3.22. The van der Waals surface area contributed by atoms with Crippen molar-refractivity contribution >= 4 is 28.4 Å². The predicted molar refractivity (Wildman–Crippen MR) is 95.0 cm³/mol. The summed E-state index contributed by atoms with van der Waals surface area (Å²) in [6.07, 6.45) is 3.35. The maximum atomic E-state index is 12.9. The van der Waals surface area contributed by atoms with E-state index in [-0.39, 0.29) is 5.56 Å². The van der Waals surface area contributed by atoms with Gasteiger partial charge in [-0.05, 0) is 36.4 Å². The van der Waals surface area contributed by atoms with Crippen LogP contribution in [-0.2, 0) is 0 Å². The lowest BCUT2D eigenvalue weighted by molar-refractivity contribution is 0.903. The largest absolute Gasteiger partial charge is 0.284 e. The van der Waals surface area contributed by atoms with Crippen LogP contribution in [-0.4, -0.2) is 29.9 Å². The number of hydrogen-bond acceptors (Lipinski definition) is 5. The maximum Gasteiger partial charge on any atom is 0.266 e. The van der Waals surface area contributed by atoms with Crippen molar-refractivity contribution in [2.45, 2.75) is 19.0 Å². The van der Waals surface area contributed by atoms with Crippen molar-refractivity contribution in [1.29, 1.82) is 0 Å². The molecule has 0 radical (unpaired) electrons. The van der Waals surface area contributed by atoms with E-state index in [0.29, 0.717) is 21.8 Å². The molecule has 24 heavy (non-hydrogen) atoms. The number of thioether (sulfide) groups is 1. The molecule has 0 N–H and O–H groups in total. The van der Waals surface area contributed by atoms with E-state index in [2.05, 4.69) is 15.1 Å². The molecule has 0 aliphatic rings. The molecular formula is C17H15N5OS. The summed E-state index contributed by atoms with van der Waals surface area (Å²) in [7, 11) is 0. The molecule has 0 unspecified atom stereocenters. The Morgan fingerprint density at radius 1 is 1.25 bits per heavy atom. The molecule has 4 rings (SSSR count). The van der Waals surface area contributed by atoms with Crippen LogP contribution in [0.1, 0.15) is 12.5 Å². The van der Waals surface area contributed by atoms with E-state index in [0.717, 1.165) is 17.0 Å². The zero-order valence-corrected chi connectivity index (χ0v) is 14.1. The summed E-state index contributed by atoms with van der Waals surface area (Å²) in [6, 6.07) is 9.71. The van der Waals surface area contributed by atoms with Crippen LogP contribution in [0.15, 0.2) is 52.7 Å². The molecule has 0 amide bonds. The van der Waals surface area contributed by atoms with Gasteiger partial charge in [0.05, 0.1) is 10.9 Å². The molecule has 1 aromatic carbocycles. The van der Waals surface area contributed by atoms with Gasteiger partial charge in [0.25, 0.3) is 11.3 Å². The number of pyridine rings is 1. The highest BCUT2D eigenvalue weighted by molar-refractivity contribution is 7.99. The Morgan fingerprint density at radius 2 is 2.12 bits per heavy atom. The van der Waals surface area contributed by atoms with Crippen LogP contribution in [0, 0.1) is 6.92 Å². The summed E-state index contributed by atoms with van der Waals surface area (Å²) in [4.78, 5) is 21.5. The molecule has 0 aliphatic heterocycles. The second-order valence-electron chi connectivity index (χ2n) is 5.43. The molecule has 0 saturated heterocycles. The Bertz CT molecular complexity index is 1120. The maximum absolute atomic E-state index is 12.9. The smallest absolute Gasteiger partial charge is 0.266 e. The second-order valence-corrected chi connectivity index (χ2v) is 6.66. The van der Waals surface area contributed by atoms with Crippen molar-refractivity contribution in [3.63, 3.8) is 0 Å². The van der Waals surface area contributed by atoms with Gasteiger partial charge in [0.15, 0.2) is 0 Å². The summed E-state index contributed by atoms with van der Waals surface area (Å²) in [5.41, 5.74) is 2.53. The molecule has 0 saturated carbocycles. The summed E-state index contributed by atoms with van der Waals surface area (Å²) in [5, 5.41) is 5.63. The molecule has 0 spiro atoms. The van der Waals surface area contributed by atoms with Gasteiger partial charge in [-0.3, -0.25) is 9.36 Å². The molecule has 0 bridgehead atoms. The van der Waals surface area contributed by atoms with Crippen LogP contribution >= 0.6 is 11.8 Å². The first kappa shape index (κ1) is 14.9. The lowest BCUT2D eigenvalue weighted by atomic mass is 10.2. The topological polar surface area (TPSA) is 65.1 Å². The highest BCUT2D eigenvalue weighted by Gasteiger charge is 2.12. The number of hydrogen-bond donors (Lipinski definition) is 0. The van der Waals surface area contributed by atoms with Crippen molar-refractivity contribution < 1.29 is 0 Å². The Balaban J connectivity index is 1.96. The van der Waals surface area contributed by atoms with Gasteiger partial charge in [0, 0.05) is 18.1 Å². The van der Waals surface area contributed by atoms with Crippen LogP contribution in [0.5, 0.6) is 0 Å². The molecule has 7 heteroatoms. The van der Waals surface area contributed by atoms with E-state index in [1.165, 1.54) is 0 Å². The van der Waals surface area contributed by atoms with Gasteiger partial charge in [0.1, 0.15) is 0 Å². The molecule has 0 fully saturated rings. The number of benzene rings is 1. The molecule has 3 aromatic heterocycles. The molecular weight excluding hydrogens is 322 g/mol. The van der Waals surface area contributed by atoms with E-state index in [9.17, 15) is 4.79 Å². The minimum absolute atomic E-state index is 0.118. The molecule has 0 atom stereocenters. The van der Waals surface area contributed by atoms with E-state index >= 15 is 0 Å². The first-order valence-electron chi connectivity index (χ1n) is 7.64. The van der Waals surface area contributed by atoms with E-state index in [1.807, 2.05) is 44.2 Å². The summed E-state index contributed by atoms with van der Waals surface area (Å²) in [6.45, 7) is 4.05. The summed E-state index contributed by atoms with van der Waals surface area (Å²) in [5.74, 6) is 1.39. The van der Waals surface area contributed by atoms with Crippen molar-refractivity contribution in [2.75, 3.05) is 5.75 Å². The fraction of sp³-hybridized carbons (Fsp3) is 0.176. The number of aromatic nitrogens is 5. The molecule has 3 heterocycles. The minimum atomic E-state index is -0.118. The zero-order chi connectivity index (χ0) is 16.7. The van der Waals surface area contributed by atoms with Crippen molar-refractivity contribution in [3.05, 3.63) is 58.6 Å². The summed E-state index contributed by atoms with van der Waals surface area (Å²) < 4.78 is 3.26. The standard InChI is InChI=1S/C17H15N5OS/c1-3-24-17-19-16-18-10-13-14(22(16)20-17)7-8-21(15(13)23)12-6-4-5-11(2)9-12/h4-10H,3H2,1-2H3. The zero-order valence-electron chi connectivity index (χ0n) is 13.3. The average Bonchev–Trinajstić information content (AvgIpc) is 2.98. The third kappa shape index (κ3) is 2.37. The number of nitrogens with zero attached hydrogens (tertiary/aromatic N) is 5. The third-order valence-electron chi connectivity index (χ3n) is 3.77. The minimum Gasteiger partial charge on any atom is -0.284 e. The first-order chi connectivity index (χ1) is 11.7. The molecule has 0 aliphatic carbocycles. The molecule has 4 aromatic rings. The normalized spacial score (nSPS) is 11.4. The van der Waals surface area contributed by atoms with E-state index in [4.69, 9.17) is 0 Å². The van der Waals surface area contributed by atoms with Gasteiger partial charge >= 0.3 is 0 Å². The highest BCUT2D eigenvalue weighted by Crippen LogP contribution is 2.17. The van der Waals surface area contributed by atoms with Gasteiger partial charge in [-0.2, -0.15) is 9.50 Å². The lowest BCUT2D eigenvalue weighted by Crippen LogP contribution is -2.18. The molecule has 120 valence electrons. The van der Waals surface area contributed by atoms with Gasteiger partial charge in [-0.15, -0.1) is 5.10 Å². The van der Waals surface area contributed by atoms with Gasteiger partial charge in [0.2, 0.25) is 5.16 Å². The predicted octanol–water partition coefficient (Wildman–Crippen LogP) is 2.85. The van der Waals surface area contributed by atoms with E-state index in [1.54, 1.807) is 33.2 Å². The highest BCUT2D eigenvalue weighted by atomic mass is 32.2. The van der Waals surface area contributed by atoms with E-state index < -0.39 is 0 Å². The SMILES string of the molecule is CCSc1nc2ncc3c(=O)n(-c4cccc(C)c4)ccc3n2n1. The fourth-order valence-electron chi connectivity index (χ4n) is 2.67. The third-order valence-corrected chi connectivity index (χ3v) is 4.49. The number of rotatable bonds is 3. The average molecular weight is 337 g/mol. The van der Waals surface area contributed by atoms with Gasteiger partial charge in [-0.25, -0.2) is 4.98 Å². The van der Waals surface area contributed by atoms with Crippen LogP contribution in [0.2, 0.25) is 0 Å². The quantitative estimate of drug-likeness (QED) is 0.538. The Kier molecular flexibility index (Phi) is 3.57. The lowest BCUT2D eigenvalue weighted by Gasteiger charge is -2.08. The van der Waals surface area contributed by atoms with Crippen LogP contribution in [0.3, 0.4) is 0 Å². The Morgan fingerprint density at radius 3 is 2.92 bits per heavy atom. The van der Waals surface area contributed by atoms with Gasteiger partial charge < -0.3 is 0 Å². The first-order valence-corrected chi connectivity index (χ1v) is 8.63. The molecule has 6 nitrogen and oxygen atoms in total. The monoisotopic (exact) mass is 337 g/mol. The van der Waals surface area contributed by atoms with Crippen molar-refractivity contribution in [3.8, 4) is 5.69 Å². The van der Waals surface area contributed by atoms with Crippen LogP contribution < -0.4 is 5.56 Å². The Hall–Kier alpha value is -2.67. The van der Waals surface area contributed by atoms with Crippen LogP contribution in [0.25, 0.3) is 22.4 Å². The second kappa shape index (κ2) is 5.76. The Labute approximate surface area is 142 Å².